The molecule has 45 heavy (non-hydrogen) atoms. The van der Waals surface area contributed by atoms with Crippen molar-refractivity contribution in [3.8, 4) is 17.2 Å². The van der Waals surface area contributed by atoms with Crippen molar-refractivity contribution in [2.24, 2.45) is 0 Å². The molecule has 3 aromatic rings. The summed E-state index contributed by atoms with van der Waals surface area (Å²) in [7, 11) is 5.57. The van der Waals surface area contributed by atoms with Crippen LogP contribution in [-0.2, 0) is 48.2 Å². The van der Waals surface area contributed by atoms with E-state index >= 15 is 0 Å². The van der Waals surface area contributed by atoms with Crippen LogP contribution in [0.25, 0.3) is 0 Å². The SMILES string of the molecule is COc1c2cc(C(C)(C)C)cc1C[Se]Cc1cc(C(C)(C)C)cc(c1OC)C[Se]Cc1cc(C(C)(C)C)cc(c1OC)C[Se]C2. The first-order valence-electron chi connectivity index (χ1n) is 15.9. The molecule has 0 N–H and O–H groups in total. The van der Waals surface area contributed by atoms with Crippen LogP contribution in [0.3, 0.4) is 0 Å². The normalized spacial score (nSPS) is 15.2. The minimum absolute atomic E-state index is 0.0762. The van der Waals surface area contributed by atoms with E-state index in [1.165, 1.54) is 50.1 Å². The van der Waals surface area contributed by atoms with Gasteiger partial charge in [0.05, 0.1) is 0 Å². The van der Waals surface area contributed by atoms with Crippen molar-refractivity contribution in [3.05, 3.63) is 86.5 Å². The zero-order valence-corrected chi connectivity index (χ0v) is 34.8. The second kappa shape index (κ2) is 14.8. The summed E-state index contributed by atoms with van der Waals surface area (Å²) in [4.78, 5) is 0. The van der Waals surface area contributed by atoms with E-state index in [4.69, 9.17) is 14.2 Å². The van der Waals surface area contributed by atoms with Crippen molar-refractivity contribution in [1.82, 2.24) is 0 Å². The summed E-state index contributed by atoms with van der Waals surface area (Å²) < 4.78 is 18.6. The molecule has 3 nitrogen and oxygen atoms in total. The Morgan fingerprint density at radius 2 is 0.556 bits per heavy atom. The van der Waals surface area contributed by atoms with E-state index in [0.717, 1.165) is 49.2 Å². The topological polar surface area (TPSA) is 27.7 Å². The molecule has 6 heteroatoms. The van der Waals surface area contributed by atoms with E-state index in [1.54, 1.807) is 0 Å². The molecule has 0 aromatic heterocycles. The molecule has 1 heterocycles. The molecular formula is C39H54O3Se3. The number of methoxy groups -OCH3 is 3. The summed E-state index contributed by atoms with van der Waals surface area (Å²) in [6, 6.07) is 14.5. The van der Waals surface area contributed by atoms with Crippen LogP contribution in [0.2, 0.25) is 0 Å². The molecule has 0 spiro atoms. The summed E-state index contributed by atoms with van der Waals surface area (Å²) in [5.74, 6) is 3.30. The maximum absolute atomic E-state index is 6.20. The predicted octanol–water partition coefficient (Wildman–Crippen LogP) is 8.13. The molecule has 1 aliphatic rings. The third-order valence-electron chi connectivity index (χ3n) is 8.48. The number of fused-ring (bicyclic) bond motifs is 6. The van der Waals surface area contributed by atoms with Crippen molar-refractivity contribution in [3.63, 3.8) is 0 Å². The van der Waals surface area contributed by atoms with Crippen molar-refractivity contribution in [2.45, 2.75) is 110 Å². The van der Waals surface area contributed by atoms with E-state index in [1.807, 2.05) is 21.3 Å². The van der Waals surface area contributed by atoms with E-state index in [-0.39, 0.29) is 16.2 Å². The summed E-state index contributed by atoms with van der Waals surface area (Å²) in [5, 5.41) is 6.29. The van der Waals surface area contributed by atoms with Crippen LogP contribution < -0.4 is 14.2 Å². The van der Waals surface area contributed by atoms with Gasteiger partial charge in [-0.05, 0) is 0 Å². The van der Waals surface area contributed by atoms with Crippen LogP contribution in [0, 0.1) is 0 Å². The van der Waals surface area contributed by atoms with Gasteiger partial charge < -0.3 is 0 Å². The molecule has 6 bridgehead atoms. The fourth-order valence-corrected chi connectivity index (χ4v) is 11.9. The van der Waals surface area contributed by atoms with Gasteiger partial charge in [-0.3, -0.25) is 0 Å². The summed E-state index contributed by atoms with van der Waals surface area (Å²) in [6.07, 6.45) is 0. The second-order valence-electron chi connectivity index (χ2n) is 15.2. The molecule has 4 rings (SSSR count). The Balaban J connectivity index is 1.90. The molecule has 3 aromatic carbocycles. The molecule has 0 radical (unpaired) electrons. The number of hydrogen-bond donors (Lipinski definition) is 0. The van der Waals surface area contributed by atoms with Crippen molar-refractivity contribution < 1.29 is 14.2 Å². The predicted molar refractivity (Wildman–Crippen MR) is 195 cm³/mol. The average Bonchev–Trinajstić information content (AvgIpc) is 2.94. The van der Waals surface area contributed by atoms with Gasteiger partial charge in [0.2, 0.25) is 0 Å². The summed E-state index contributed by atoms with van der Waals surface area (Å²) in [6.45, 7) is 20.9. The van der Waals surface area contributed by atoms with E-state index in [0.29, 0.717) is 44.9 Å². The average molecular weight is 808 g/mol. The van der Waals surface area contributed by atoms with E-state index < -0.39 is 0 Å². The van der Waals surface area contributed by atoms with Crippen molar-refractivity contribution >= 4 is 44.9 Å². The van der Waals surface area contributed by atoms with E-state index in [9.17, 15) is 0 Å². The first-order chi connectivity index (χ1) is 21.1. The van der Waals surface area contributed by atoms with Gasteiger partial charge in [-0.15, -0.1) is 0 Å². The number of hydrogen-bond acceptors (Lipinski definition) is 3. The zero-order chi connectivity index (χ0) is 33.2. The van der Waals surface area contributed by atoms with Crippen LogP contribution in [-0.4, -0.2) is 66.2 Å². The van der Waals surface area contributed by atoms with Crippen LogP contribution in [0.1, 0.15) is 112 Å². The van der Waals surface area contributed by atoms with Gasteiger partial charge in [-0.2, -0.15) is 0 Å². The molecule has 0 saturated heterocycles. The Bertz CT molecular complexity index is 1230. The quantitative estimate of drug-likeness (QED) is 0.251. The molecule has 1 aliphatic heterocycles. The Morgan fingerprint density at radius 3 is 0.689 bits per heavy atom. The number of benzene rings is 3. The Labute approximate surface area is 292 Å². The van der Waals surface area contributed by atoms with Crippen molar-refractivity contribution in [2.75, 3.05) is 21.3 Å². The fourth-order valence-electron chi connectivity index (χ4n) is 5.80. The summed E-state index contributed by atoms with van der Waals surface area (Å²) in [5.41, 5.74) is 12.6. The Hall–Kier alpha value is -1.38. The summed E-state index contributed by atoms with van der Waals surface area (Å²) >= 11 is 1.12. The van der Waals surface area contributed by atoms with Crippen LogP contribution in [0.4, 0.5) is 0 Å². The Kier molecular flexibility index (Phi) is 12.0. The fraction of sp³-hybridized carbons (Fsp3) is 0.538. The monoisotopic (exact) mass is 810 g/mol. The van der Waals surface area contributed by atoms with Gasteiger partial charge in [-0.1, -0.05) is 0 Å². The third kappa shape index (κ3) is 8.95. The van der Waals surface area contributed by atoms with Gasteiger partial charge in [0.15, 0.2) is 0 Å². The van der Waals surface area contributed by atoms with Crippen LogP contribution in [0.5, 0.6) is 17.2 Å². The van der Waals surface area contributed by atoms with Crippen LogP contribution in [0.15, 0.2) is 36.4 Å². The van der Waals surface area contributed by atoms with Crippen LogP contribution >= 0.6 is 0 Å². The molecule has 0 amide bonds. The molecule has 0 aliphatic carbocycles. The van der Waals surface area contributed by atoms with Gasteiger partial charge in [0.25, 0.3) is 0 Å². The third-order valence-corrected chi connectivity index (χ3v) is 15.0. The molecule has 246 valence electrons. The molecular weight excluding hydrogens is 753 g/mol. The van der Waals surface area contributed by atoms with E-state index in [2.05, 4.69) is 98.7 Å². The van der Waals surface area contributed by atoms with Gasteiger partial charge in [0, 0.05) is 0 Å². The molecule has 0 unspecified atom stereocenters. The van der Waals surface area contributed by atoms with Gasteiger partial charge in [-0.25, -0.2) is 0 Å². The van der Waals surface area contributed by atoms with Gasteiger partial charge >= 0.3 is 295 Å². The maximum atomic E-state index is 6.20. The Morgan fingerprint density at radius 1 is 0.378 bits per heavy atom. The first-order valence-corrected chi connectivity index (χ1v) is 23.2. The second-order valence-corrected chi connectivity index (χ2v) is 21.4. The number of ether oxygens (including phenoxy) is 3. The van der Waals surface area contributed by atoms with Gasteiger partial charge in [0.1, 0.15) is 0 Å². The first kappa shape index (κ1) is 36.5. The minimum atomic E-state index is 0.0762. The standard InChI is InChI=1S/C39H54O3Se3/c1-37(2,3)31-13-25-19-43-21-27-15-32(38(4,5)6)17-29(35(27)41-11)23-45-24-30-18-33(39(7,8)9)16-28(36(30)42-12)22-44-20-26(14-31)34(25)40-10/h13-18H,19-24H2,1-12H3. The molecule has 0 fully saturated rings. The zero-order valence-electron chi connectivity index (χ0n) is 29.7. The molecule has 0 atom stereocenters. The van der Waals surface area contributed by atoms with Crippen molar-refractivity contribution in [1.29, 1.82) is 0 Å². The number of rotatable bonds is 3. The molecule has 0 saturated carbocycles.